The van der Waals surface area contributed by atoms with Crippen molar-refractivity contribution in [1.82, 2.24) is 0 Å². The topological polar surface area (TPSA) is 243 Å². The quantitative estimate of drug-likeness (QED) is 0.0579. The Morgan fingerprint density at radius 1 is 0.361 bits per heavy atom. The maximum Gasteiger partial charge on any atom is 0.157 e. The Hall–Kier alpha value is -7.86. The zero-order chi connectivity index (χ0) is 43.3. The molecule has 0 saturated carbocycles. The summed E-state index contributed by atoms with van der Waals surface area (Å²) in [5.41, 5.74) is 5.39. The monoisotopic (exact) mass is 822 g/mol. The van der Waals surface area contributed by atoms with E-state index >= 15 is 0 Å². The second-order valence-corrected chi connectivity index (χ2v) is 15.6. The van der Waals surface area contributed by atoms with Crippen LogP contribution in [0.15, 0.2) is 114 Å². The van der Waals surface area contributed by atoms with Crippen molar-refractivity contribution >= 4 is 21.5 Å². The Morgan fingerprint density at radius 2 is 0.869 bits per heavy atom. The molecular formula is C49H42O12. The van der Waals surface area contributed by atoms with Crippen LogP contribution in [0.1, 0.15) is 62.9 Å². The fourth-order valence-corrected chi connectivity index (χ4v) is 8.38. The van der Waals surface area contributed by atoms with Gasteiger partial charge in [-0.3, -0.25) is 0 Å². The fourth-order valence-electron chi connectivity index (χ4n) is 8.38. The van der Waals surface area contributed by atoms with Gasteiger partial charge in [-0.05, 0) is 171 Å². The molecule has 0 amide bonds. The number of aliphatic hydroxyl groups excluding tert-OH is 2. The van der Waals surface area contributed by atoms with Gasteiger partial charge in [0.05, 0.1) is 0 Å². The molecule has 0 aromatic heterocycles. The number of aliphatic hydroxyl groups is 2. The SMILES string of the molecule is OC1=C(O)CCC(Cc2cc3c(Cc4ccc(O)c(O)c4)cc(O)cc3c(Cc3c(O)cc(Cc4ccc(O)c(O)c4)c4c(Cc5ccc(O)c(O)c5)cc(O)cc34)c2O)=C1. The molecule has 0 aliphatic heterocycles. The molecule has 0 spiro atoms. The Bertz CT molecular complexity index is 2920. The Kier molecular flexibility index (Phi) is 10.3. The highest BCUT2D eigenvalue weighted by atomic mass is 16.3. The predicted molar refractivity (Wildman–Crippen MR) is 228 cm³/mol. The second kappa shape index (κ2) is 15.7. The molecule has 0 saturated heterocycles. The first-order valence-electron chi connectivity index (χ1n) is 19.4. The standard InChI is InChI=1S/C49H42O12/c50-32-17-28(9-24-1-5-39(52)44(57)13-24)34-19-31(12-27-4-8-42(55)47(60)16-27)49(61)38(35(34)21-32)23-36-37-22-33(51)18-29(10-25-2-6-40(53)45(58)14-25)48(37)30(20-43(36)56)11-26-3-7-41(54)46(59)15-26/h1-3,5-7,13-22,50-61H,4,8-12,23H2. The maximum atomic E-state index is 12.2. The smallest absolute Gasteiger partial charge is 0.157 e. The van der Waals surface area contributed by atoms with Crippen molar-refractivity contribution in [3.8, 4) is 57.5 Å². The first-order chi connectivity index (χ1) is 29.1. The van der Waals surface area contributed by atoms with E-state index in [9.17, 15) is 61.3 Å². The molecule has 0 radical (unpaired) electrons. The van der Waals surface area contributed by atoms with E-state index in [0.717, 1.165) is 5.57 Å². The summed E-state index contributed by atoms with van der Waals surface area (Å²) in [4.78, 5) is 0. The molecule has 1 aliphatic rings. The number of hydrogen-bond acceptors (Lipinski definition) is 12. The number of phenolic OH excluding ortho intramolecular Hbond substituents is 10. The highest BCUT2D eigenvalue weighted by Crippen LogP contribution is 2.44. The first kappa shape index (κ1) is 39.9. The van der Waals surface area contributed by atoms with Gasteiger partial charge in [0.25, 0.3) is 0 Å². The number of hydrogen-bond donors (Lipinski definition) is 12. The molecule has 0 bridgehead atoms. The summed E-state index contributed by atoms with van der Waals surface area (Å²) in [7, 11) is 0. The first-order valence-corrected chi connectivity index (χ1v) is 19.4. The number of phenols is 10. The molecule has 0 fully saturated rings. The summed E-state index contributed by atoms with van der Waals surface area (Å²) in [5, 5.41) is 130. The van der Waals surface area contributed by atoms with E-state index in [4.69, 9.17) is 0 Å². The average Bonchev–Trinajstić information content (AvgIpc) is 3.20. The van der Waals surface area contributed by atoms with E-state index in [-0.39, 0.29) is 108 Å². The summed E-state index contributed by atoms with van der Waals surface area (Å²) >= 11 is 0. The zero-order valence-electron chi connectivity index (χ0n) is 32.6. The van der Waals surface area contributed by atoms with Crippen molar-refractivity contribution < 1.29 is 61.3 Å². The lowest BCUT2D eigenvalue weighted by Gasteiger charge is -2.21. The Labute approximate surface area is 348 Å². The van der Waals surface area contributed by atoms with Crippen LogP contribution in [-0.4, -0.2) is 61.3 Å². The van der Waals surface area contributed by atoms with Crippen LogP contribution < -0.4 is 0 Å². The minimum absolute atomic E-state index is 0.127. The van der Waals surface area contributed by atoms with E-state index in [1.807, 2.05) is 0 Å². The van der Waals surface area contributed by atoms with Gasteiger partial charge < -0.3 is 61.3 Å². The van der Waals surface area contributed by atoms with Crippen LogP contribution in [0.2, 0.25) is 0 Å². The highest BCUT2D eigenvalue weighted by molar-refractivity contribution is 5.97. The third-order valence-electron chi connectivity index (χ3n) is 11.3. The maximum absolute atomic E-state index is 12.2. The molecular weight excluding hydrogens is 781 g/mol. The van der Waals surface area contributed by atoms with Crippen LogP contribution in [-0.2, 0) is 32.1 Å². The number of fused-ring (bicyclic) bond motifs is 2. The second-order valence-electron chi connectivity index (χ2n) is 15.6. The van der Waals surface area contributed by atoms with Gasteiger partial charge >= 0.3 is 0 Å². The van der Waals surface area contributed by atoms with Crippen molar-refractivity contribution in [1.29, 1.82) is 0 Å². The van der Waals surface area contributed by atoms with E-state index in [1.54, 1.807) is 42.5 Å². The lowest BCUT2D eigenvalue weighted by Crippen LogP contribution is -2.04. The average molecular weight is 823 g/mol. The number of benzene rings is 7. The van der Waals surface area contributed by atoms with Gasteiger partial charge in [-0.2, -0.15) is 0 Å². The van der Waals surface area contributed by atoms with Crippen molar-refractivity contribution in [3.63, 3.8) is 0 Å². The number of allylic oxidation sites excluding steroid dienone is 3. The summed E-state index contributed by atoms with van der Waals surface area (Å²) in [6.45, 7) is 0. The molecule has 0 atom stereocenters. The molecule has 310 valence electrons. The van der Waals surface area contributed by atoms with E-state index in [2.05, 4.69) is 0 Å². The largest absolute Gasteiger partial charge is 0.508 e. The normalized spacial score (nSPS) is 13.0. The van der Waals surface area contributed by atoms with Gasteiger partial charge in [-0.15, -0.1) is 0 Å². The van der Waals surface area contributed by atoms with Crippen molar-refractivity contribution in [3.05, 3.63) is 164 Å². The summed E-state index contributed by atoms with van der Waals surface area (Å²) < 4.78 is 0. The van der Waals surface area contributed by atoms with Crippen LogP contribution in [0.3, 0.4) is 0 Å². The molecule has 12 heteroatoms. The molecule has 8 rings (SSSR count). The third kappa shape index (κ3) is 7.98. The highest BCUT2D eigenvalue weighted by Gasteiger charge is 2.24. The van der Waals surface area contributed by atoms with Crippen LogP contribution in [0.5, 0.6) is 57.5 Å². The van der Waals surface area contributed by atoms with E-state index in [1.165, 1.54) is 54.6 Å². The summed E-state index contributed by atoms with van der Waals surface area (Å²) in [5.74, 6) is -2.92. The van der Waals surface area contributed by atoms with Crippen molar-refractivity contribution in [2.75, 3.05) is 0 Å². The third-order valence-corrected chi connectivity index (χ3v) is 11.3. The molecule has 0 heterocycles. The Balaban J connectivity index is 1.35. The lowest BCUT2D eigenvalue weighted by atomic mass is 9.84. The van der Waals surface area contributed by atoms with Crippen LogP contribution in [0, 0.1) is 0 Å². The summed E-state index contributed by atoms with van der Waals surface area (Å²) in [6, 6.07) is 22.7. The lowest BCUT2D eigenvalue weighted by molar-refractivity contribution is 0.316. The minimum atomic E-state index is -0.334. The minimum Gasteiger partial charge on any atom is -0.508 e. The van der Waals surface area contributed by atoms with Crippen molar-refractivity contribution in [2.45, 2.75) is 44.9 Å². The van der Waals surface area contributed by atoms with Gasteiger partial charge in [0, 0.05) is 24.0 Å². The van der Waals surface area contributed by atoms with Crippen LogP contribution in [0.25, 0.3) is 21.5 Å². The fraction of sp³-hybridized carbons (Fsp3) is 0.143. The number of rotatable bonds is 10. The van der Waals surface area contributed by atoms with Gasteiger partial charge in [0.15, 0.2) is 40.3 Å². The van der Waals surface area contributed by atoms with E-state index < -0.39 is 0 Å². The zero-order valence-corrected chi connectivity index (χ0v) is 32.6. The molecule has 61 heavy (non-hydrogen) atoms. The molecule has 7 aromatic rings. The Morgan fingerprint density at radius 3 is 1.41 bits per heavy atom. The van der Waals surface area contributed by atoms with Crippen LogP contribution >= 0.6 is 0 Å². The molecule has 0 unspecified atom stereocenters. The molecule has 12 nitrogen and oxygen atoms in total. The molecule has 12 N–H and O–H groups in total. The van der Waals surface area contributed by atoms with Gasteiger partial charge in [-0.25, -0.2) is 0 Å². The predicted octanol–water partition coefficient (Wildman–Crippen LogP) is 9.00. The summed E-state index contributed by atoms with van der Waals surface area (Å²) in [6.07, 6.45) is 2.63. The molecule has 7 aromatic carbocycles. The van der Waals surface area contributed by atoms with Crippen LogP contribution in [0.4, 0.5) is 0 Å². The molecule has 1 aliphatic carbocycles. The van der Waals surface area contributed by atoms with E-state index in [0.29, 0.717) is 78.0 Å². The van der Waals surface area contributed by atoms with Crippen molar-refractivity contribution in [2.24, 2.45) is 0 Å². The van der Waals surface area contributed by atoms with Gasteiger partial charge in [0.1, 0.15) is 28.8 Å². The van der Waals surface area contributed by atoms with Gasteiger partial charge in [0.2, 0.25) is 0 Å². The van der Waals surface area contributed by atoms with Gasteiger partial charge in [-0.1, -0.05) is 23.8 Å². The number of aromatic hydroxyl groups is 10.